The van der Waals surface area contributed by atoms with E-state index in [-0.39, 0.29) is 6.10 Å². The standard InChI is InChI=1S/C12H13N3O2/c13-12-10(8-3-5-14-6-4-8)11(15-17-12)9-2-1-7-16-9/h3-6,9H,1-2,7,13H2. The molecule has 0 spiro atoms. The van der Waals surface area contributed by atoms with Gasteiger partial charge in [0.2, 0.25) is 5.88 Å². The molecule has 0 aromatic carbocycles. The van der Waals surface area contributed by atoms with Crippen LogP contribution in [0.1, 0.15) is 24.6 Å². The van der Waals surface area contributed by atoms with Gasteiger partial charge in [-0.1, -0.05) is 5.16 Å². The lowest BCUT2D eigenvalue weighted by atomic mass is 10.0. The Hall–Kier alpha value is -1.88. The highest BCUT2D eigenvalue weighted by Gasteiger charge is 2.27. The highest BCUT2D eigenvalue weighted by Crippen LogP contribution is 2.37. The lowest BCUT2D eigenvalue weighted by Crippen LogP contribution is -1.99. The minimum atomic E-state index is -0.000727. The van der Waals surface area contributed by atoms with E-state index in [4.69, 9.17) is 15.0 Å². The highest BCUT2D eigenvalue weighted by molar-refractivity contribution is 5.75. The average Bonchev–Trinajstić information content (AvgIpc) is 2.98. The first-order chi connectivity index (χ1) is 8.36. The number of rotatable bonds is 2. The van der Waals surface area contributed by atoms with Crippen LogP contribution in [0, 0.1) is 0 Å². The average molecular weight is 231 g/mol. The predicted octanol–water partition coefficient (Wildman–Crippen LogP) is 2.17. The van der Waals surface area contributed by atoms with Crippen LogP contribution >= 0.6 is 0 Å². The zero-order valence-corrected chi connectivity index (χ0v) is 9.30. The number of nitrogen functional groups attached to an aromatic ring is 1. The van der Waals surface area contributed by atoms with E-state index in [0.29, 0.717) is 5.88 Å². The summed E-state index contributed by atoms with van der Waals surface area (Å²) in [5.41, 5.74) is 8.43. The molecule has 5 heteroatoms. The Kier molecular flexibility index (Phi) is 2.53. The van der Waals surface area contributed by atoms with Gasteiger partial charge in [-0.3, -0.25) is 4.98 Å². The molecule has 1 saturated heterocycles. The highest BCUT2D eigenvalue weighted by atomic mass is 16.5. The van der Waals surface area contributed by atoms with Crippen molar-refractivity contribution in [2.24, 2.45) is 0 Å². The maximum absolute atomic E-state index is 5.84. The Balaban J connectivity index is 2.06. The second kappa shape index (κ2) is 4.18. The van der Waals surface area contributed by atoms with Crippen molar-refractivity contribution >= 4 is 5.88 Å². The smallest absolute Gasteiger partial charge is 0.230 e. The van der Waals surface area contributed by atoms with E-state index in [1.54, 1.807) is 12.4 Å². The molecule has 0 amide bonds. The lowest BCUT2D eigenvalue weighted by Gasteiger charge is -2.07. The molecule has 5 nitrogen and oxygen atoms in total. The molecule has 0 aliphatic carbocycles. The number of anilines is 1. The Morgan fingerprint density at radius 3 is 2.82 bits per heavy atom. The van der Waals surface area contributed by atoms with Crippen molar-refractivity contribution in [2.45, 2.75) is 18.9 Å². The van der Waals surface area contributed by atoms with Gasteiger partial charge >= 0.3 is 0 Å². The summed E-state index contributed by atoms with van der Waals surface area (Å²) in [5.74, 6) is 0.335. The SMILES string of the molecule is Nc1onc(C2CCCO2)c1-c1ccncc1. The van der Waals surface area contributed by atoms with Crippen LogP contribution < -0.4 is 5.73 Å². The van der Waals surface area contributed by atoms with E-state index < -0.39 is 0 Å². The minimum absolute atomic E-state index is 0.000727. The number of aromatic nitrogens is 2. The Morgan fingerprint density at radius 2 is 2.12 bits per heavy atom. The van der Waals surface area contributed by atoms with Crippen LogP contribution in [0.15, 0.2) is 29.0 Å². The van der Waals surface area contributed by atoms with E-state index in [0.717, 1.165) is 36.3 Å². The molecule has 88 valence electrons. The molecule has 0 radical (unpaired) electrons. The number of hydrogen-bond donors (Lipinski definition) is 1. The Labute approximate surface area is 98.6 Å². The van der Waals surface area contributed by atoms with Crippen LogP contribution in [0.4, 0.5) is 5.88 Å². The van der Waals surface area contributed by atoms with Crippen molar-refractivity contribution in [3.05, 3.63) is 30.2 Å². The molecule has 3 rings (SSSR count). The maximum atomic E-state index is 5.84. The van der Waals surface area contributed by atoms with Crippen molar-refractivity contribution in [3.8, 4) is 11.1 Å². The van der Waals surface area contributed by atoms with Crippen LogP contribution in [-0.4, -0.2) is 16.7 Å². The third kappa shape index (κ3) is 1.78. The molecule has 2 aromatic rings. The first-order valence-electron chi connectivity index (χ1n) is 5.63. The summed E-state index contributed by atoms with van der Waals surface area (Å²) in [7, 11) is 0. The predicted molar refractivity (Wildman–Crippen MR) is 62.1 cm³/mol. The summed E-state index contributed by atoms with van der Waals surface area (Å²) in [6, 6.07) is 3.78. The van der Waals surface area contributed by atoms with Crippen LogP contribution in [0.5, 0.6) is 0 Å². The fourth-order valence-corrected chi connectivity index (χ4v) is 2.14. The summed E-state index contributed by atoms with van der Waals surface area (Å²) in [6.45, 7) is 0.771. The van der Waals surface area contributed by atoms with E-state index in [2.05, 4.69) is 10.1 Å². The van der Waals surface area contributed by atoms with Crippen LogP contribution in [0.3, 0.4) is 0 Å². The molecule has 1 aliphatic heterocycles. The molecule has 0 bridgehead atoms. The summed E-state index contributed by atoms with van der Waals surface area (Å²) >= 11 is 0. The first kappa shape index (κ1) is 10.3. The number of nitrogens with zero attached hydrogens (tertiary/aromatic N) is 2. The summed E-state index contributed by atoms with van der Waals surface area (Å²) in [6.07, 6.45) is 5.46. The van der Waals surface area contributed by atoms with E-state index >= 15 is 0 Å². The molecule has 2 N–H and O–H groups in total. The molecule has 2 aromatic heterocycles. The maximum Gasteiger partial charge on any atom is 0.230 e. The minimum Gasteiger partial charge on any atom is -0.372 e. The fraction of sp³-hybridized carbons (Fsp3) is 0.333. The monoisotopic (exact) mass is 231 g/mol. The molecule has 0 saturated carbocycles. The van der Waals surface area contributed by atoms with Gasteiger partial charge in [-0.15, -0.1) is 0 Å². The van der Waals surface area contributed by atoms with E-state index in [1.165, 1.54) is 0 Å². The first-order valence-corrected chi connectivity index (χ1v) is 5.63. The van der Waals surface area contributed by atoms with Gasteiger partial charge in [0.15, 0.2) is 0 Å². The van der Waals surface area contributed by atoms with Crippen LogP contribution in [0.25, 0.3) is 11.1 Å². The largest absolute Gasteiger partial charge is 0.372 e. The second-order valence-electron chi connectivity index (χ2n) is 4.04. The van der Waals surface area contributed by atoms with Gasteiger partial charge in [0.1, 0.15) is 11.8 Å². The van der Waals surface area contributed by atoms with Gasteiger partial charge in [0.05, 0.1) is 5.56 Å². The molecule has 3 heterocycles. The van der Waals surface area contributed by atoms with Crippen LogP contribution in [-0.2, 0) is 4.74 Å². The van der Waals surface area contributed by atoms with Gasteiger partial charge in [-0.25, -0.2) is 0 Å². The topological polar surface area (TPSA) is 74.2 Å². The van der Waals surface area contributed by atoms with E-state index in [1.807, 2.05) is 12.1 Å². The van der Waals surface area contributed by atoms with Crippen molar-refractivity contribution in [3.63, 3.8) is 0 Å². The van der Waals surface area contributed by atoms with Gasteiger partial charge < -0.3 is 15.0 Å². The summed E-state index contributed by atoms with van der Waals surface area (Å²) in [5, 5.41) is 4.03. The number of nitrogens with two attached hydrogens (primary N) is 1. The molecule has 1 atom stereocenters. The second-order valence-corrected chi connectivity index (χ2v) is 4.04. The number of ether oxygens (including phenoxy) is 1. The molecule has 1 unspecified atom stereocenters. The van der Waals surface area contributed by atoms with Crippen molar-refractivity contribution < 1.29 is 9.26 Å². The van der Waals surface area contributed by atoms with Crippen molar-refractivity contribution in [1.82, 2.24) is 10.1 Å². The van der Waals surface area contributed by atoms with Crippen molar-refractivity contribution in [2.75, 3.05) is 12.3 Å². The number of hydrogen-bond acceptors (Lipinski definition) is 5. The quantitative estimate of drug-likeness (QED) is 0.857. The zero-order chi connectivity index (χ0) is 11.7. The Bertz CT molecular complexity index is 504. The number of pyridine rings is 1. The zero-order valence-electron chi connectivity index (χ0n) is 9.30. The van der Waals surface area contributed by atoms with Gasteiger partial charge in [-0.05, 0) is 30.5 Å². The molecule has 1 fully saturated rings. The van der Waals surface area contributed by atoms with E-state index in [9.17, 15) is 0 Å². The third-order valence-electron chi connectivity index (χ3n) is 2.95. The fourth-order valence-electron chi connectivity index (χ4n) is 2.14. The van der Waals surface area contributed by atoms with Gasteiger partial charge in [0.25, 0.3) is 0 Å². The summed E-state index contributed by atoms with van der Waals surface area (Å²) < 4.78 is 10.7. The van der Waals surface area contributed by atoms with Crippen LogP contribution in [0.2, 0.25) is 0 Å². The summed E-state index contributed by atoms with van der Waals surface area (Å²) in [4.78, 5) is 3.99. The molecular formula is C12H13N3O2. The Morgan fingerprint density at radius 1 is 1.29 bits per heavy atom. The molecular weight excluding hydrogens is 218 g/mol. The molecule has 1 aliphatic rings. The normalized spacial score (nSPS) is 19.6. The van der Waals surface area contributed by atoms with Crippen molar-refractivity contribution in [1.29, 1.82) is 0 Å². The van der Waals surface area contributed by atoms with Gasteiger partial charge in [0, 0.05) is 19.0 Å². The van der Waals surface area contributed by atoms with Gasteiger partial charge in [-0.2, -0.15) is 0 Å². The third-order valence-corrected chi connectivity index (χ3v) is 2.95. The lowest BCUT2D eigenvalue weighted by molar-refractivity contribution is 0.106. The molecule has 17 heavy (non-hydrogen) atoms.